The number of hydrogen-bond donors (Lipinski definition) is 1. The van der Waals surface area contributed by atoms with Crippen LogP contribution in [0.2, 0.25) is 0 Å². The van der Waals surface area contributed by atoms with E-state index in [0.717, 1.165) is 26.2 Å². The minimum absolute atomic E-state index is 0. The molecule has 2 fully saturated rings. The Bertz CT molecular complexity index is 490. The summed E-state index contributed by atoms with van der Waals surface area (Å²) in [5, 5.41) is 10.1. The quantitative estimate of drug-likeness (QED) is 0.788. The summed E-state index contributed by atoms with van der Waals surface area (Å²) in [7, 11) is 0. The molecule has 2 aliphatic heterocycles. The topological polar surface area (TPSA) is 69.4 Å². The highest BCUT2D eigenvalue weighted by Gasteiger charge is 2.24. The molecule has 0 bridgehead atoms. The molecule has 3 heterocycles. The van der Waals surface area contributed by atoms with E-state index in [2.05, 4.69) is 9.80 Å². The van der Waals surface area contributed by atoms with Crippen molar-refractivity contribution in [2.45, 2.75) is 6.10 Å². The van der Waals surface area contributed by atoms with Crippen LogP contribution in [0.5, 0.6) is 0 Å². The highest BCUT2D eigenvalue weighted by molar-refractivity contribution is 5.85. The van der Waals surface area contributed by atoms with Crippen molar-refractivity contribution in [3.8, 4) is 0 Å². The summed E-state index contributed by atoms with van der Waals surface area (Å²) < 4.78 is 10.5. The number of rotatable bonds is 5. The van der Waals surface area contributed by atoms with Crippen LogP contribution in [0.1, 0.15) is 11.9 Å². The maximum Gasteiger partial charge on any atom is 0.236 e. The Morgan fingerprint density at radius 2 is 1.72 bits per heavy atom. The number of β-amino-alcohol motifs (C(OH)–C–C–N with tert-alkyl or cyclic N) is 1. The Kier molecular flexibility index (Phi) is 9.78. The van der Waals surface area contributed by atoms with Crippen molar-refractivity contribution >= 4 is 30.7 Å². The largest absolute Gasteiger partial charge is 0.467 e. The zero-order valence-electron chi connectivity index (χ0n) is 14.2. The van der Waals surface area contributed by atoms with Gasteiger partial charge in [-0.15, -0.1) is 24.8 Å². The second-order valence-electron chi connectivity index (χ2n) is 6.10. The predicted molar refractivity (Wildman–Crippen MR) is 98.4 cm³/mol. The Hall–Kier alpha value is -0.830. The van der Waals surface area contributed by atoms with Crippen molar-refractivity contribution in [3.63, 3.8) is 0 Å². The molecule has 0 aliphatic carbocycles. The molecule has 0 spiro atoms. The third-order valence-corrected chi connectivity index (χ3v) is 4.49. The van der Waals surface area contributed by atoms with Crippen molar-refractivity contribution in [2.24, 2.45) is 0 Å². The van der Waals surface area contributed by atoms with Crippen LogP contribution in [-0.2, 0) is 9.53 Å². The molecule has 1 aromatic heterocycles. The van der Waals surface area contributed by atoms with Gasteiger partial charge in [0.15, 0.2) is 0 Å². The predicted octanol–water partition coefficient (Wildman–Crippen LogP) is 0.633. The molecule has 25 heavy (non-hydrogen) atoms. The molecule has 1 unspecified atom stereocenters. The second-order valence-corrected chi connectivity index (χ2v) is 6.10. The van der Waals surface area contributed by atoms with E-state index in [-0.39, 0.29) is 30.7 Å². The Balaban J connectivity index is 0.00000156. The second kappa shape index (κ2) is 11.0. The molecule has 1 atom stereocenters. The van der Waals surface area contributed by atoms with Crippen LogP contribution in [0.4, 0.5) is 0 Å². The van der Waals surface area contributed by atoms with Gasteiger partial charge in [0.05, 0.1) is 26.0 Å². The lowest BCUT2D eigenvalue weighted by atomic mass is 10.2. The van der Waals surface area contributed by atoms with Gasteiger partial charge in [-0.1, -0.05) is 0 Å². The summed E-state index contributed by atoms with van der Waals surface area (Å²) in [6, 6.07) is 3.58. The number of furan rings is 1. The number of hydrogen-bond acceptors (Lipinski definition) is 6. The number of halogens is 2. The molecule has 2 saturated heterocycles. The lowest BCUT2D eigenvalue weighted by molar-refractivity contribution is -0.137. The van der Waals surface area contributed by atoms with Gasteiger partial charge >= 0.3 is 0 Å². The van der Waals surface area contributed by atoms with Gasteiger partial charge in [0.2, 0.25) is 5.91 Å². The Labute approximate surface area is 160 Å². The van der Waals surface area contributed by atoms with E-state index in [4.69, 9.17) is 9.15 Å². The first kappa shape index (κ1) is 22.2. The summed E-state index contributed by atoms with van der Waals surface area (Å²) in [6.45, 7) is 7.15. The third-order valence-electron chi connectivity index (χ3n) is 4.49. The van der Waals surface area contributed by atoms with Crippen molar-refractivity contribution in [1.29, 1.82) is 0 Å². The molecule has 0 saturated carbocycles. The molecule has 3 rings (SSSR count). The zero-order valence-corrected chi connectivity index (χ0v) is 15.8. The molecule has 0 radical (unpaired) electrons. The summed E-state index contributed by atoms with van der Waals surface area (Å²) in [5.41, 5.74) is 0. The highest BCUT2D eigenvalue weighted by atomic mass is 35.5. The summed E-state index contributed by atoms with van der Waals surface area (Å²) in [4.78, 5) is 18.5. The maximum atomic E-state index is 12.2. The lowest BCUT2D eigenvalue weighted by Gasteiger charge is -2.36. The van der Waals surface area contributed by atoms with Gasteiger partial charge in [0, 0.05) is 45.8 Å². The van der Waals surface area contributed by atoms with Crippen molar-refractivity contribution in [3.05, 3.63) is 24.2 Å². The first-order chi connectivity index (χ1) is 11.2. The average Bonchev–Trinajstić information content (AvgIpc) is 3.12. The first-order valence-electron chi connectivity index (χ1n) is 8.24. The van der Waals surface area contributed by atoms with E-state index in [1.165, 1.54) is 0 Å². The normalized spacial score (nSPS) is 20.4. The average molecular weight is 396 g/mol. The van der Waals surface area contributed by atoms with Gasteiger partial charge in [-0.25, -0.2) is 0 Å². The zero-order chi connectivity index (χ0) is 16.1. The van der Waals surface area contributed by atoms with E-state index in [0.29, 0.717) is 45.2 Å². The number of carbonyl (C=O) groups is 1. The summed E-state index contributed by atoms with van der Waals surface area (Å²) in [6.07, 6.45) is 0.986. The van der Waals surface area contributed by atoms with Crippen LogP contribution >= 0.6 is 24.8 Å². The standard InChI is InChI=1S/C16H25N3O4.2ClH/c20-14(15-2-1-9-23-15)12-17-3-5-18(6-4-17)13-16(21)19-7-10-22-11-8-19;;/h1-2,9,14,20H,3-8,10-13H2;2*1H. The number of amides is 1. The van der Waals surface area contributed by atoms with E-state index in [1.807, 2.05) is 4.90 Å². The number of aliphatic hydroxyl groups excluding tert-OH is 1. The van der Waals surface area contributed by atoms with Gasteiger partial charge in [0.25, 0.3) is 0 Å². The molecule has 0 aromatic carbocycles. The van der Waals surface area contributed by atoms with Gasteiger partial charge in [-0.3, -0.25) is 14.6 Å². The molecule has 1 amide bonds. The van der Waals surface area contributed by atoms with E-state index in [9.17, 15) is 9.90 Å². The van der Waals surface area contributed by atoms with Crippen LogP contribution in [0.25, 0.3) is 0 Å². The van der Waals surface area contributed by atoms with Crippen molar-refractivity contribution in [2.75, 3.05) is 65.6 Å². The van der Waals surface area contributed by atoms with Gasteiger partial charge in [0.1, 0.15) is 11.9 Å². The molecule has 2 aliphatic rings. The number of piperazine rings is 1. The van der Waals surface area contributed by atoms with Crippen molar-refractivity contribution in [1.82, 2.24) is 14.7 Å². The fourth-order valence-electron chi connectivity index (χ4n) is 3.05. The number of nitrogens with zero attached hydrogens (tertiary/aromatic N) is 3. The lowest BCUT2D eigenvalue weighted by Crippen LogP contribution is -2.52. The number of carbonyl (C=O) groups excluding carboxylic acids is 1. The molecular formula is C16H27Cl2N3O4. The van der Waals surface area contributed by atoms with Crippen LogP contribution < -0.4 is 0 Å². The maximum absolute atomic E-state index is 12.2. The van der Waals surface area contributed by atoms with E-state index < -0.39 is 6.10 Å². The van der Waals surface area contributed by atoms with E-state index in [1.54, 1.807) is 18.4 Å². The molecule has 1 N–H and O–H groups in total. The fraction of sp³-hybridized carbons (Fsp3) is 0.688. The molecule has 7 nitrogen and oxygen atoms in total. The van der Waals surface area contributed by atoms with Crippen LogP contribution in [0.15, 0.2) is 22.8 Å². The van der Waals surface area contributed by atoms with Crippen LogP contribution in [0, 0.1) is 0 Å². The SMILES string of the molecule is Cl.Cl.O=C(CN1CCN(CC(O)c2ccco2)CC1)N1CCOCC1. The first-order valence-corrected chi connectivity index (χ1v) is 8.24. The Morgan fingerprint density at radius 3 is 2.32 bits per heavy atom. The number of morpholine rings is 1. The van der Waals surface area contributed by atoms with Crippen molar-refractivity contribution < 1.29 is 19.1 Å². The third kappa shape index (κ3) is 6.44. The fourth-order valence-corrected chi connectivity index (χ4v) is 3.05. The monoisotopic (exact) mass is 395 g/mol. The number of ether oxygens (including phenoxy) is 1. The van der Waals surface area contributed by atoms with Crippen LogP contribution in [-0.4, -0.2) is 91.3 Å². The smallest absolute Gasteiger partial charge is 0.236 e. The highest BCUT2D eigenvalue weighted by Crippen LogP contribution is 2.15. The molecule has 1 aromatic rings. The molecular weight excluding hydrogens is 369 g/mol. The summed E-state index contributed by atoms with van der Waals surface area (Å²) >= 11 is 0. The number of aliphatic hydroxyl groups is 1. The van der Waals surface area contributed by atoms with Gasteiger partial charge in [-0.05, 0) is 12.1 Å². The van der Waals surface area contributed by atoms with Gasteiger partial charge < -0.3 is 19.2 Å². The van der Waals surface area contributed by atoms with Gasteiger partial charge in [-0.2, -0.15) is 0 Å². The summed E-state index contributed by atoms with van der Waals surface area (Å²) in [5.74, 6) is 0.798. The minimum atomic E-state index is -0.591. The molecule has 9 heteroatoms. The van der Waals surface area contributed by atoms with E-state index >= 15 is 0 Å². The van der Waals surface area contributed by atoms with Crippen LogP contribution in [0.3, 0.4) is 0 Å². The molecule has 144 valence electrons. The minimum Gasteiger partial charge on any atom is -0.467 e. The Morgan fingerprint density at radius 1 is 1.08 bits per heavy atom.